The molecule has 0 saturated carbocycles. The van der Waals surface area contributed by atoms with Crippen LogP contribution in [0.15, 0.2) is 24.3 Å². The van der Waals surface area contributed by atoms with Crippen LogP contribution in [0.4, 0.5) is 5.69 Å². The second-order valence-electron chi connectivity index (χ2n) is 4.84. The van der Waals surface area contributed by atoms with Gasteiger partial charge in [-0.1, -0.05) is 0 Å². The highest BCUT2D eigenvalue weighted by Gasteiger charge is 2.49. The monoisotopic (exact) mass is 308 g/mol. The number of carbonyl (C=O) groups is 2. The van der Waals surface area contributed by atoms with E-state index in [1.54, 1.807) is 28.8 Å². The lowest BCUT2D eigenvalue weighted by atomic mass is 10.1. The van der Waals surface area contributed by atoms with Crippen LogP contribution in [-0.4, -0.2) is 38.9 Å². The lowest BCUT2D eigenvalue weighted by Crippen LogP contribution is -2.54. The third-order valence-electron chi connectivity index (χ3n) is 3.53. The van der Waals surface area contributed by atoms with E-state index in [4.69, 9.17) is 4.74 Å². The van der Waals surface area contributed by atoms with E-state index in [1.807, 2.05) is 0 Å². The maximum atomic E-state index is 12.0. The van der Waals surface area contributed by atoms with E-state index in [2.05, 4.69) is 0 Å². The molecule has 3 rings (SSSR count). The van der Waals surface area contributed by atoms with Crippen LogP contribution in [0.3, 0.4) is 0 Å². The molecule has 2 aliphatic heterocycles. The molecule has 8 heteroatoms. The first-order valence-electron chi connectivity index (χ1n) is 6.39. The highest BCUT2D eigenvalue weighted by Crippen LogP contribution is 2.39. The number of amides is 1. The molecule has 2 fully saturated rings. The Bertz CT molecular complexity index is 603. The molecule has 2 aliphatic rings. The number of thioether (sulfide) groups is 1. The number of nitro benzene ring substituents is 1. The molecule has 110 valence electrons. The summed E-state index contributed by atoms with van der Waals surface area (Å²) in [6, 6.07) is 5.32. The van der Waals surface area contributed by atoms with Gasteiger partial charge in [0.1, 0.15) is 12.6 Å². The number of hydrogen-bond donors (Lipinski definition) is 0. The Labute approximate surface area is 124 Å². The van der Waals surface area contributed by atoms with Crippen molar-refractivity contribution in [2.45, 2.75) is 24.4 Å². The fourth-order valence-corrected chi connectivity index (χ4v) is 3.73. The smallest absolute Gasteiger partial charge is 0.330 e. The van der Waals surface area contributed by atoms with Gasteiger partial charge in [-0.3, -0.25) is 14.9 Å². The van der Waals surface area contributed by atoms with E-state index < -0.39 is 16.9 Å². The van der Waals surface area contributed by atoms with Gasteiger partial charge in [0.25, 0.3) is 5.69 Å². The fraction of sp³-hybridized carbons (Fsp3) is 0.385. The number of hydrogen-bond acceptors (Lipinski definition) is 6. The van der Waals surface area contributed by atoms with E-state index in [0.29, 0.717) is 17.7 Å². The van der Waals surface area contributed by atoms with Crippen molar-refractivity contribution in [2.24, 2.45) is 0 Å². The maximum absolute atomic E-state index is 12.0. The molecule has 7 nitrogen and oxygen atoms in total. The fourth-order valence-electron chi connectivity index (χ4n) is 2.34. The minimum absolute atomic E-state index is 0.00807. The lowest BCUT2D eigenvalue weighted by Gasteiger charge is -2.36. The molecule has 2 heterocycles. The quantitative estimate of drug-likeness (QED) is 0.360. The Morgan fingerprint density at radius 2 is 2.14 bits per heavy atom. The maximum Gasteiger partial charge on any atom is 0.330 e. The Balaban J connectivity index is 1.56. The average Bonchev–Trinajstić information content (AvgIpc) is 2.82. The van der Waals surface area contributed by atoms with Crippen LogP contribution in [0, 0.1) is 10.1 Å². The minimum atomic E-state index is -0.501. The number of fused-ring (bicyclic) bond motifs is 1. The summed E-state index contributed by atoms with van der Waals surface area (Å²) in [6.07, 6.45) is 0.497. The summed E-state index contributed by atoms with van der Waals surface area (Å²) in [7, 11) is 0. The molecule has 2 unspecified atom stereocenters. The summed E-state index contributed by atoms with van der Waals surface area (Å²) in [5.74, 6) is 0.133. The first kappa shape index (κ1) is 13.9. The van der Waals surface area contributed by atoms with Crippen LogP contribution in [-0.2, 0) is 20.9 Å². The van der Waals surface area contributed by atoms with Crippen LogP contribution in [0.25, 0.3) is 0 Å². The summed E-state index contributed by atoms with van der Waals surface area (Å²) in [5.41, 5.74) is 0.664. The van der Waals surface area contributed by atoms with Gasteiger partial charge in [-0.25, -0.2) is 4.79 Å². The van der Waals surface area contributed by atoms with Crippen LogP contribution in [0.1, 0.15) is 12.0 Å². The molecular weight excluding hydrogens is 296 g/mol. The van der Waals surface area contributed by atoms with Crippen LogP contribution in [0.2, 0.25) is 0 Å². The molecule has 0 bridgehead atoms. The van der Waals surface area contributed by atoms with Gasteiger partial charge in [-0.2, -0.15) is 0 Å². The van der Waals surface area contributed by atoms with Crippen LogP contribution < -0.4 is 0 Å². The predicted octanol–water partition coefficient (Wildman–Crippen LogP) is 1.31. The summed E-state index contributed by atoms with van der Waals surface area (Å²) in [5, 5.41) is 10.7. The Morgan fingerprint density at radius 1 is 1.43 bits per heavy atom. The molecule has 0 radical (unpaired) electrons. The van der Waals surface area contributed by atoms with Gasteiger partial charge in [0, 0.05) is 17.9 Å². The number of nitro groups is 1. The van der Waals surface area contributed by atoms with Crippen molar-refractivity contribution < 1.29 is 19.2 Å². The molecule has 1 aromatic rings. The highest BCUT2D eigenvalue weighted by atomic mass is 32.2. The molecule has 2 atom stereocenters. The van der Waals surface area contributed by atoms with Gasteiger partial charge >= 0.3 is 5.97 Å². The molecule has 0 N–H and O–H groups in total. The molecule has 21 heavy (non-hydrogen) atoms. The number of ether oxygens (including phenoxy) is 1. The summed E-state index contributed by atoms with van der Waals surface area (Å²) in [4.78, 5) is 35.1. The largest absolute Gasteiger partial charge is 0.459 e. The summed E-state index contributed by atoms with van der Waals surface area (Å²) >= 11 is 1.59. The number of carbonyl (C=O) groups excluding carboxylic acids is 2. The van der Waals surface area contributed by atoms with Gasteiger partial charge in [0.05, 0.1) is 16.7 Å². The summed E-state index contributed by atoms with van der Waals surface area (Å²) in [6.45, 7) is 0.0463. The number of rotatable bonds is 4. The minimum Gasteiger partial charge on any atom is -0.459 e. The van der Waals surface area contributed by atoms with Crippen molar-refractivity contribution in [3.05, 3.63) is 39.9 Å². The molecule has 0 aromatic heterocycles. The average molecular weight is 308 g/mol. The molecule has 0 aliphatic carbocycles. The van der Waals surface area contributed by atoms with Crippen molar-refractivity contribution in [1.29, 1.82) is 0 Å². The van der Waals surface area contributed by atoms with E-state index in [1.165, 1.54) is 12.1 Å². The third-order valence-corrected chi connectivity index (χ3v) is 4.82. The first-order valence-corrected chi connectivity index (χ1v) is 7.44. The Hall–Kier alpha value is -2.09. The highest BCUT2D eigenvalue weighted by molar-refractivity contribution is 8.00. The number of nitrogens with zero attached hydrogens (tertiary/aromatic N) is 2. The van der Waals surface area contributed by atoms with Gasteiger partial charge in [0.2, 0.25) is 5.91 Å². The van der Waals surface area contributed by atoms with Crippen molar-refractivity contribution in [3.63, 3.8) is 0 Å². The van der Waals surface area contributed by atoms with E-state index in [0.717, 1.165) is 0 Å². The van der Waals surface area contributed by atoms with Crippen LogP contribution >= 0.6 is 11.8 Å². The Kier molecular flexibility index (Phi) is 3.54. The van der Waals surface area contributed by atoms with Crippen molar-refractivity contribution >= 4 is 29.3 Å². The zero-order valence-electron chi connectivity index (χ0n) is 10.9. The summed E-state index contributed by atoms with van der Waals surface area (Å²) < 4.78 is 5.20. The molecule has 1 aromatic carbocycles. The van der Waals surface area contributed by atoms with Crippen molar-refractivity contribution in [1.82, 2.24) is 4.90 Å². The van der Waals surface area contributed by atoms with Gasteiger partial charge in [-0.05, 0) is 17.7 Å². The Morgan fingerprint density at radius 3 is 2.76 bits per heavy atom. The van der Waals surface area contributed by atoms with E-state index in [9.17, 15) is 19.7 Å². The van der Waals surface area contributed by atoms with Gasteiger partial charge in [0.15, 0.2) is 0 Å². The van der Waals surface area contributed by atoms with E-state index >= 15 is 0 Å². The first-order chi connectivity index (χ1) is 10.1. The number of non-ortho nitro benzene ring substituents is 1. The molecule has 0 spiro atoms. The zero-order chi connectivity index (χ0) is 15.0. The van der Waals surface area contributed by atoms with E-state index in [-0.39, 0.29) is 23.6 Å². The second-order valence-corrected chi connectivity index (χ2v) is 6.05. The third kappa shape index (κ3) is 2.58. The zero-order valence-corrected chi connectivity index (χ0v) is 11.7. The SMILES string of the molecule is O=C(OCc1ccc([N+](=O)[O-])cc1)C1CSC2CC(=O)N21. The molecule has 2 saturated heterocycles. The van der Waals surface area contributed by atoms with Gasteiger partial charge in [-0.15, -0.1) is 11.8 Å². The van der Waals surface area contributed by atoms with Gasteiger partial charge < -0.3 is 9.64 Å². The van der Waals surface area contributed by atoms with Crippen molar-refractivity contribution in [3.8, 4) is 0 Å². The van der Waals surface area contributed by atoms with Crippen molar-refractivity contribution in [2.75, 3.05) is 5.75 Å². The molecular formula is C13H12N2O5S. The predicted molar refractivity (Wildman–Crippen MR) is 74.4 cm³/mol. The normalized spacial score (nSPS) is 23.4. The topological polar surface area (TPSA) is 89.7 Å². The van der Waals surface area contributed by atoms with Crippen LogP contribution in [0.5, 0.6) is 0 Å². The lowest BCUT2D eigenvalue weighted by molar-refractivity contribution is -0.384. The second kappa shape index (κ2) is 5.36. The molecule has 1 amide bonds. The number of benzene rings is 1. The number of β-lactam (4-membered cyclic amide) rings is 1. The number of esters is 1. The standard InChI is InChI=1S/C13H12N2O5S/c16-11-5-12-14(11)10(7-21-12)13(17)20-6-8-1-3-9(4-2-8)15(18)19/h1-4,10,12H,5-7H2.